The zero-order chi connectivity index (χ0) is 19.6. The molecular formula is C19H29N7O. The van der Waals surface area contributed by atoms with Gasteiger partial charge in [-0.25, -0.2) is 9.97 Å². The van der Waals surface area contributed by atoms with Gasteiger partial charge < -0.3 is 15.1 Å². The molecule has 0 atom stereocenters. The van der Waals surface area contributed by atoms with Crippen LogP contribution in [0.1, 0.15) is 49.8 Å². The van der Waals surface area contributed by atoms with Crippen LogP contribution in [-0.4, -0.2) is 64.2 Å². The van der Waals surface area contributed by atoms with Crippen LogP contribution in [-0.2, 0) is 5.41 Å². The van der Waals surface area contributed by atoms with Gasteiger partial charge >= 0.3 is 0 Å². The first-order chi connectivity index (χ1) is 12.7. The van der Waals surface area contributed by atoms with E-state index in [0.717, 1.165) is 30.2 Å². The first-order valence-electron chi connectivity index (χ1n) is 9.35. The fourth-order valence-electron chi connectivity index (χ4n) is 3.08. The molecule has 0 saturated carbocycles. The van der Waals surface area contributed by atoms with Crippen molar-refractivity contribution in [2.24, 2.45) is 0 Å². The number of aromatic nitrogens is 4. The monoisotopic (exact) mass is 371 g/mol. The van der Waals surface area contributed by atoms with E-state index in [1.54, 1.807) is 6.33 Å². The van der Waals surface area contributed by atoms with E-state index in [-0.39, 0.29) is 11.3 Å². The van der Waals surface area contributed by atoms with Crippen molar-refractivity contribution in [1.82, 2.24) is 25.1 Å². The van der Waals surface area contributed by atoms with Crippen molar-refractivity contribution in [3.63, 3.8) is 0 Å². The molecule has 0 spiro atoms. The van der Waals surface area contributed by atoms with Crippen LogP contribution in [0.15, 0.2) is 18.5 Å². The molecule has 1 amide bonds. The van der Waals surface area contributed by atoms with Gasteiger partial charge in [0.05, 0.1) is 0 Å². The normalized spacial score (nSPS) is 15.7. The lowest BCUT2D eigenvalue weighted by Crippen LogP contribution is -2.42. The number of amides is 1. The number of nitrogens with zero attached hydrogens (tertiary/aromatic N) is 5. The molecule has 0 aliphatic carbocycles. The number of aromatic amines is 1. The summed E-state index contributed by atoms with van der Waals surface area (Å²) in [6, 6.07) is 4.11. The summed E-state index contributed by atoms with van der Waals surface area (Å²) in [5.74, 6) is 1.69. The Morgan fingerprint density at radius 2 is 1.93 bits per heavy atom. The zero-order valence-electron chi connectivity index (χ0n) is 16.8. The molecule has 146 valence electrons. The SMILES string of the molecule is CN(C)c1cc(NC2CCN(C(=O)c3cc(C(C)(C)C)[nH]n3)CC2)ncn1. The number of anilines is 2. The minimum Gasteiger partial charge on any atom is -0.367 e. The fraction of sp³-hybridized carbons (Fsp3) is 0.579. The molecule has 8 heteroatoms. The molecule has 2 N–H and O–H groups in total. The molecule has 1 fully saturated rings. The Kier molecular flexibility index (Phi) is 5.34. The topological polar surface area (TPSA) is 90.0 Å². The lowest BCUT2D eigenvalue weighted by Gasteiger charge is -2.32. The summed E-state index contributed by atoms with van der Waals surface area (Å²) in [5, 5.41) is 10.7. The lowest BCUT2D eigenvalue weighted by atomic mass is 9.92. The van der Waals surface area contributed by atoms with Crippen LogP contribution in [0.5, 0.6) is 0 Å². The largest absolute Gasteiger partial charge is 0.367 e. The van der Waals surface area contributed by atoms with E-state index in [9.17, 15) is 4.79 Å². The minimum absolute atomic E-state index is 0.00266. The molecule has 1 saturated heterocycles. The smallest absolute Gasteiger partial charge is 0.274 e. The number of H-pyrrole nitrogens is 1. The van der Waals surface area contributed by atoms with Crippen molar-refractivity contribution >= 4 is 17.5 Å². The second-order valence-electron chi connectivity index (χ2n) is 8.28. The van der Waals surface area contributed by atoms with Gasteiger partial charge in [0.1, 0.15) is 23.7 Å². The van der Waals surface area contributed by atoms with E-state index in [4.69, 9.17) is 0 Å². The molecule has 3 heterocycles. The first kappa shape index (κ1) is 19.1. The molecule has 0 aromatic carbocycles. The third-order valence-electron chi connectivity index (χ3n) is 4.85. The average molecular weight is 371 g/mol. The van der Waals surface area contributed by atoms with E-state index in [1.165, 1.54) is 0 Å². The van der Waals surface area contributed by atoms with Crippen molar-refractivity contribution in [3.8, 4) is 0 Å². The molecule has 1 aliphatic rings. The van der Waals surface area contributed by atoms with Crippen LogP contribution >= 0.6 is 0 Å². The Labute approximate surface area is 160 Å². The van der Waals surface area contributed by atoms with E-state index in [2.05, 4.69) is 46.3 Å². The van der Waals surface area contributed by atoms with Crippen LogP contribution in [0.4, 0.5) is 11.6 Å². The van der Waals surface area contributed by atoms with Crippen LogP contribution in [0.3, 0.4) is 0 Å². The molecule has 27 heavy (non-hydrogen) atoms. The standard InChI is InChI=1S/C19H29N7O/c1-19(2,3)15-10-14(23-24-15)18(27)26-8-6-13(7-9-26)22-16-11-17(25(4)5)21-12-20-16/h10-13H,6-9H2,1-5H3,(H,23,24)(H,20,21,22). The molecule has 0 radical (unpaired) electrons. The molecule has 1 aliphatic heterocycles. The van der Waals surface area contributed by atoms with Crippen LogP contribution in [0.25, 0.3) is 0 Å². The number of nitrogens with one attached hydrogen (secondary N) is 2. The van der Waals surface area contributed by atoms with Gasteiger partial charge in [-0.1, -0.05) is 20.8 Å². The molecular weight excluding hydrogens is 342 g/mol. The maximum atomic E-state index is 12.7. The first-order valence-corrected chi connectivity index (χ1v) is 9.35. The maximum absolute atomic E-state index is 12.7. The summed E-state index contributed by atoms with van der Waals surface area (Å²) >= 11 is 0. The van der Waals surface area contributed by atoms with Crippen molar-refractivity contribution in [3.05, 3.63) is 29.8 Å². The van der Waals surface area contributed by atoms with E-state index >= 15 is 0 Å². The third-order valence-corrected chi connectivity index (χ3v) is 4.85. The van der Waals surface area contributed by atoms with Crippen LogP contribution < -0.4 is 10.2 Å². The van der Waals surface area contributed by atoms with Gasteiger partial charge in [-0.2, -0.15) is 5.10 Å². The molecule has 8 nitrogen and oxygen atoms in total. The number of carbonyl (C=O) groups is 1. The number of carbonyl (C=O) groups excluding carboxylic acids is 1. The molecule has 2 aromatic rings. The van der Waals surface area contributed by atoms with Crippen molar-refractivity contribution in [2.75, 3.05) is 37.4 Å². The highest BCUT2D eigenvalue weighted by molar-refractivity contribution is 5.92. The highest BCUT2D eigenvalue weighted by atomic mass is 16.2. The lowest BCUT2D eigenvalue weighted by molar-refractivity contribution is 0.0712. The quantitative estimate of drug-likeness (QED) is 0.857. The molecule has 3 rings (SSSR count). The van der Waals surface area contributed by atoms with Crippen LogP contribution in [0.2, 0.25) is 0 Å². The summed E-state index contributed by atoms with van der Waals surface area (Å²) in [4.78, 5) is 25.1. The number of hydrogen-bond donors (Lipinski definition) is 2. The van der Waals surface area contributed by atoms with Gasteiger partial charge in [-0.15, -0.1) is 0 Å². The predicted octanol–water partition coefficient (Wildman–Crippen LogP) is 2.28. The Balaban J connectivity index is 1.56. The van der Waals surface area contributed by atoms with Gasteiger partial charge in [0.15, 0.2) is 0 Å². The van der Waals surface area contributed by atoms with E-state index in [1.807, 2.05) is 36.0 Å². The summed E-state index contributed by atoms with van der Waals surface area (Å²) in [7, 11) is 3.91. The van der Waals surface area contributed by atoms with Crippen LogP contribution in [0, 0.1) is 0 Å². The second-order valence-corrected chi connectivity index (χ2v) is 8.28. The minimum atomic E-state index is -0.0502. The number of hydrogen-bond acceptors (Lipinski definition) is 6. The zero-order valence-corrected chi connectivity index (χ0v) is 16.8. The fourth-order valence-corrected chi connectivity index (χ4v) is 3.08. The van der Waals surface area contributed by atoms with Gasteiger partial charge in [0.2, 0.25) is 0 Å². The summed E-state index contributed by atoms with van der Waals surface area (Å²) in [6.07, 6.45) is 3.33. The summed E-state index contributed by atoms with van der Waals surface area (Å²) in [6.45, 7) is 7.71. The van der Waals surface area contributed by atoms with Gasteiger partial charge in [0, 0.05) is 50.4 Å². The van der Waals surface area contributed by atoms with Crippen molar-refractivity contribution in [2.45, 2.75) is 45.1 Å². The van der Waals surface area contributed by atoms with Crippen molar-refractivity contribution in [1.29, 1.82) is 0 Å². The Morgan fingerprint density at radius 1 is 1.22 bits per heavy atom. The number of likely N-dealkylation sites (tertiary alicyclic amines) is 1. The molecule has 0 bridgehead atoms. The predicted molar refractivity (Wildman–Crippen MR) is 106 cm³/mol. The van der Waals surface area contributed by atoms with Gasteiger partial charge in [-0.3, -0.25) is 9.89 Å². The number of rotatable bonds is 4. The summed E-state index contributed by atoms with van der Waals surface area (Å²) < 4.78 is 0. The molecule has 2 aromatic heterocycles. The van der Waals surface area contributed by atoms with E-state index in [0.29, 0.717) is 24.8 Å². The summed E-state index contributed by atoms with van der Waals surface area (Å²) in [5.41, 5.74) is 1.42. The van der Waals surface area contributed by atoms with Gasteiger partial charge in [0.25, 0.3) is 5.91 Å². The average Bonchev–Trinajstić information content (AvgIpc) is 3.12. The maximum Gasteiger partial charge on any atom is 0.274 e. The van der Waals surface area contributed by atoms with Crippen molar-refractivity contribution < 1.29 is 4.79 Å². The Hall–Kier alpha value is -2.64. The Morgan fingerprint density at radius 3 is 2.52 bits per heavy atom. The van der Waals surface area contributed by atoms with Gasteiger partial charge in [-0.05, 0) is 18.9 Å². The van der Waals surface area contributed by atoms with E-state index < -0.39 is 0 Å². The molecule has 0 unspecified atom stereocenters. The highest BCUT2D eigenvalue weighted by Crippen LogP contribution is 2.22. The number of piperidine rings is 1. The second kappa shape index (κ2) is 7.54. The Bertz CT molecular complexity index is 785. The third kappa shape index (κ3) is 4.56. The highest BCUT2D eigenvalue weighted by Gasteiger charge is 2.26.